The van der Waals surface area contributed by atoms with Crippen LogP contribution in [0.2, 0.25) is 0 Å². The van der Waals surface area contributed by atoms with Gasteiger partial charge in [-0.05, 0) is 29.8 Å². The normalized spacial score (nSPS) is 10.5. The van der Waals surface area contributed by atoms with E-state index in [1.165, 1.54) is 11.8 Å². The Balaban J connectivity index is 1.68. The van der Waals surface area contributed by atoms with Crippen LogP contribution >= 0.6 is 11.8 Å². The summed E-state index contributed by atoms with van der Waals surface area (Å²) in [4.78, 5) is 12.6. The molecule has 3 aromatic rings. The molecule has 0 aliphatic heterocycles. The van der Waals surface area contributed by atoms with E-state index in [0.29, 0.717) is 35.3 Å². The number of nitrogens with one attached hydrogen (secondary N) is 1. The number of carbonyl (C=O) groups is 1. The third-order valence-corrected chi connectivity index (χ3v) is 5.61. The van der Waals surface area contributed by atoms with Gasteiger partial charge < -0.3 is 24.1 Å². The molecule has 0 aliphatic rings. The predicted molar refractivity (Wildman–Crippen MR) is 125 cm³/mol. The van der Waals surface area contributed by atoms with Crippen molar-refractivity contribution in [3.8, 4) is 17.2 Å². The Bertz CT molecular complexity index is 1070. The fraction of sp³-hybridized carbons (Fsp3) is 0.261. The van der Waals surface area contributed by atoms with Crippen LogP contribution in [0.5, 0.6) is 17.2 Å². The lowest BCUT2D eigenvalue weighted by molar-refractivity contribution is -0.113. The summed E-state index contributed by atoms with van der Waals surface area (Å²) in [5, 5.41) is 12.1. The van der Waals surface area contributed by atoms with Gasteiger partial charge in [-0.1, -0.05) is 30.0 Å². The monoisotopic (exact) mass is 454 g/mol. The maximum absolute atomic E-state index is 12.6. The van der Waals surface area contributed by atoms with Gasteiger partial charge in [-0.2, -0.15) is 0 Å². The van der Waals surface area contributed by atoms with Gasteiger partial charge in [0.15, 0.2) is 5.16 Å². The fourth-order valence-corrected chi connectivity index (χ4v) is 3.79. The van der Waals surface area contributed by atoms with E-state index in [0.717, 1.165) is 17.1 Å². The number of anilines is 1. The van der Waals surface area contributed by atoms with Gasteiger partial charge in [0.1, 0.15) is 23.1 Å². The SMILES string of the molecule is C=CCn1c(Cc2ccc(OC)cc2)nnc1SCC(=O)Nc1cc(OC)ccc1OC. The smallest absolute Gasteiger partial charge is 0.234 e. The molecule has 0 atom stereocenters. The number of aromatic nitrogens is 3. The molecule has 32 heavy (non-hydrogen) atoms. The number of hydrogen-bond donors (Lipinski definition) is 1. The highest BCUT2D eigenvalue weighted by molar-refractivity contribution is 7.99. The predicted octanol–water partition coefficient (Wildman–Crippen LogP) is 3.81. The number of amides is 1. The van der Waals surface area contributed by atoms with Crippen LogP contribution in [-0.2, 0) is 17.8 Å². The molecule has 9 heteroatoms. The molecule has 0 aliphatic carbocycles. The summed E-state index contributed by atoms with van der Waals surface area (Å²) in [5.74, 6) is 2.76. The molecule has 0 saturated heterocycles. The quantitative estimate of drug-likeness (QED) is 0.348. The first kappa shape index (κ1) is 23.2. The van der Waals surface area contributed by atoms with E-state index in [1.807, 2.05) is 28.8 Å². The first-order chi connectivity index (χ1) is 15.6. The summed E-state index contributed by atoms with van der Waals surface area (Å²) in [6, 6.07) is 13.0. The molecular weight excluding hydrogens is 428 g/mol. The Hall–Kier alpha value is -3.46. The summed E-state index contributed by atoms with van der Waals surface area (Å²) in [5.41, 5.74) is 1.63. The zero-order valence-electron chi connectivity index (χ0n) is 18.3. The Morgan fingerprint density at radius 2 is 1.78 bits per heavy atom. The minimum Gasteiger partial charge on any atom is -0.497 e. The number of nitrogens with zero attached hydrogens (tertiary/aromatic N) is 3. The summed E-state index contributed by atoms with van der Waals surface area (Å²) < 4.78 is 17.7. The molecule has 168 valence electrons. The van der Waals surface area contributed by atoms with E-state index in [-0.39, 0.29) is 11.7 Å². The second-order valence-corrected chi connectivity index (χ2v) is 7.67. The van der Waals surface area contributed by atoms with Gasteiger partial charge in [0.25, 0.3) is 0 Å². The number of carbonyl (C=O) groups excluding carboxylic acids is 1. The Morgan fingerprint density at radius 3 is 2.44 bits per heavy atom. The number of thioether (sulfide) groups is 1. The van der Waals surface area contributed by atoms with Crippen LogP contribution in [-0.4, -0.2) is 47.8 Å². The van der Waals surface area contributed by atoms with E-state index in [2.05, 4.69) is 22.1 Å². The Morgan fingerprint density at radius 1 is 1.06 bits per heavy atom. The third kappa shape index (κ3) is 5.82. The summed E-state index contributed by atoms with van der Waals surface area (Å²) in [7, 11) is 4.76. The Kier molecular flexibility index (Phi) is 8.15. The standard InChI is InChI=1S/C23H26N4O4S/c1-5-12-27-21(13-16-6-8-17(29-2)9-7-16)25-26-23(27)32-15-22(28)24-19-14-18(30-3)10-11-20(19)31-4/h5-11,14H,1,12-13,15H2,2-4H3,(H,24,28). The highest BCUT2D eigenvalue weighted by Crippen LogP contribution is 2.29. The maximum Gasteiger partial charge on any atom is 0.234 e. The van der Waals surface area contributed by atoms with Crippen LogP contribution in [0.3, 0.4) is 0 Å². The molecular formula is C23H26N4O4S. The van der Waals surface area contributed by atoms with Crippen LogP contribution < -0.4 is 19.5 Å². The fourth-order valence-electron chi connectivity index (χ4n) is 3.02. The maximum atomic E-state index is 12.6. The van der Waals surface area contributed by atoms with Gasteiger partial charge in [-0.25, -0.2) is 0 Å². The van der Waals surface area contributed by atoms with Gasteiger partial charge >= 0.3 is 0 Å². The van der Waals surface area contributed by atoms with Crippen molar-refractivity contribution in [3.05, 3.63) is 66.5 Å². The minimum atomic E-state index is -0.189. The Labute approximate surface area is 191 Å². The molecule has 0 saturated carbocycles. The summed E-state index contributed by atoms with van der Waals surface area (Å²) in [6.45, 7) is 4.37. The molecule has 1 amide bonds. The molecule has 1 aromatic heterocycles. The molecule has 0 radical (unpaired) electrons. The lowest BCUT2D eigenvalue weighted by atomic mass is 10.1. The summed E-state index contributed by atoms with van der Waals surface area (Å²) >= 11 is 1.31. The minimum absolute atomic E-state index is 0.165. The molecule has 0 bridgehead atoms. The number of ether oxygens (including phenoxy) is 3. The van der Waals surface area contributed by atoms with Crippen LogP contribution in [0.25, 0.3) is 0 Å². The molecule has 1 N–H and O–H groups in total. The van der Waals surface area contributed by atoms with E-state index < -0.39 is 0 Å². The van der Waals surface area contributed by atoms with E-state index >= 15 is 0 Å². The van der Waals surface area contributed by atoms with Crippen LogP contribution in [0.4, 0.5) is 5.69 Å². The lowest BCUT2D eigenvalue weighted by Crippen LogP contribution is -2.15. The molecule has 0 spiro atoms. The molecule has 3 rings (SSSR count). The van der Waals surface area contributed by atoms with Crippen molar-refractivity contribution in [2.75, 3.05) is 32.4 Å². The average molecular weight is 455 g/mol. The highest BCUT2D eigenvalue weighted by Gasteiger charge is 2.15. The molecule has 2 aromatic carbocycles. The van der Waals surface area contributed by atoms with Crippen LogP contribution in [0.1, 0.15) is 11.4 Å². The van der Waals surface area contributed by atoms with Crippen molar-refractivity contribution in [3.63, 3.8) is 0 Å². The van der Waals surface area contributed by atoms with Gasteiger partial charge in [-0.3, -0.25) is 4.79 Å². The molecule has 0 fully saturated rings. The number of benzene rings is 2. The highest BCUT2D eigenvalue weighted by atomic mass is 32.2. The largest absolute Gasteiger partial charge is 0.497 e. The number of allylic oxidation sites excluding steroid dienone is 1. The van der Waals surface area contributed by atoms with Crippen LogP contribution in [0, 0.1) is 0 Å². The van der Waals surface area contributed by atoms with E-state index in [9.17, 15) is 4.79 Å². The van der Waals surface area contributed by atoms with Gasteiger partial charge in [0.05, 0.1) is 32.8 Å². The van der Waals surface area contributed by atoms with Gasteiger partial charge in [0, 0.05) is 19.0 Å². The zero-order chi connectivity index (χ0) is 22.9. The van der Waals surface area contributed by atoms with E-state index in [1.54, 1.807) is 45.6 Å². The van der Waals surface area contributed by atoms with Crippen molar-refractivity contribution in [2.24, 2.45) is 0 Å². The van der Waals surface area contributed by atoms with Crippen molar-refractivity contribution >= 4 is 23.4 Å². The third-order valence-electron chi connectivity index (χ3n) is 4.64. The van der Waals surface area contributed by atoms with Crippen molar-refractivity contribution in [2.45, 2.75) is 18.1 Å². The van der Waals surface area contributed by atoms with Gasteiger partial charge in [-0.15, -0.1) is 16.8 Å². The topological polar surface area (TPSA) is 87.5 Å². The lowest BCUT2D eigenvalue weighted by Gasteiger charge is -2.12. The van der Waals surface area contributed by atoms with Crippen molar-refractivity contribution < 1.29 is 19.0 Å². The molecule has 1 heterocycles. The number of rotatable bonds is 11. The zero-order valence-corrected chi connectivity index (χ0v) is 19.1. The van der Waals surface area contributed by atoms with E-state index in [4.69, 9.17) is 14.2 Å². The molecule has 8 nitrogen and oxygen atoms in total. The first-order valence-electron chi connectivity index (χ1n) is 9.88. The first-order valence-corrected chi connectivity index (χ1v) is 10.9. The number of hydrogen-bond acceptors (Lipinski definition) is 7. The number of methoxy groups -OCH3 is 3. The second-order valence-electron chi connectivity index (χ2n) is 6.73. The summed E-state index contributed by atoms with van der Waals surface area (Å²) in [6.07, 6.45) is 2.39. The van der Waals surface area contributed by atoms with Gasteiger partial charge in [0.2, 0.25) is 5.91 Å². The average Bonchev–Trinajstić information content (AvgIpc) is 3.19. The van der Waals surface area contributed by atoms with Crippen molar-refractivity contribution in [1.82, 2.24) is 14.8 Å². The second kappa shape index (κ2) is 11.2. The van der Waals surface area contributed by atoms with Crippen LogP contribution in [0.15, 0.2) is 60.3 Å². The molecule has 0 unspecified atom stereocenters. The van der Waals surface area contributed by atoms with Crippen molar-refractivity contribution in [1.29, 1.82) is 0 Å².